The summed E-state index contributed by atoms with van der Waals surface area (Å²) in [6.45, 7) is 4.80. The smallest absolute Gasteiger partial charge is 0.241 e. The molecule has 1 aliphatic rings. The van der Waals surface area contributed by atoms with E-state index in [1.54, 1.807) is 29.4 Å². The highest BCUT2D eigenvalue weighted by Crippen LogP contribution is 2.32. The van der Waals surface area contributed by atoms with Crippen molar-refractivity contribution in [3.63, 3.8) is 0 Å². The van der Waals surface area contributed by atoms with E-state index < -0.39 is 0 Å². The molecule has 2 amide bonds. The SMILES string of the molecule is Cc1cccc(NC(=O)CN(C)CC(=O)N2CCc3cc(-c4csc(C)n4)ccc32)n1. The number of anilines is 2. The maximum atomic E-state index is 12.9. The first-order chi connectivity index (χ1) is 14.9. The fourth-order valence-corrected chi connectivity index (χ4v) is 4.35. The zero-order valence-electron chi connectivity index (χ0n) is 17.9. The molecule has 0 bridgehead atoms. The highest BCUT2D eigenvalue weighted by molar-refractivity contribution is 7.09. The number of pyridine rings is 1. The Balaban J connectivity index is 1.35. The van der Waals surface area contributed by atoms with E-state index in [-0.39, 0.29) is 24.9 Å². The molecular weight excluding hydrogens is 410 g/mol. The summed E-state index contributed by atoms with van der Waals surface area (Å²) in [6, 6.07) is 11.6. The third-order valence-electron chi connectivity index (χ3n) is 5.17. The van der Waals surface area contributed by atoms with Crippen molar-refractivity contribution >= 4 is 34.7 Å². The number of aryl methyl sites for hydroxylation is 2. The fourth-order valence-electron chi connectivity index (χ4n) is 3.73. The molecule has 4 rings (SSSR count). The van der Waals surface area contributed by atoms with Crippen LogP contribution in [-0.2, 0) is 16.0 Å². The number of nitrogens with zero attached hydrogens (tertiary/aromatic N) is 4. The minimum atomic E-state index is -0.196. The molecule has 7 nitrogen and oxygen atoms in total. The predicted molar refractivity (Wildman–Crippen MR) is 123 cm³/mol. The number of benzene rings is 1. The monoisotopic (exact) mass is 435 g/mol. The van der Waals surface area contributed by atoms with Crippen LogP contribution in [-0.4, -0.2) is 53.4 Å². The van der Waals surface area contributed by atoms with Gasteiger partial charge in [-0.3, -0.25) is 14.5 Å². The molecule has 0 spiro atoms. The third kappa shape index (κ3) is 4.98. The predicted octanol–water partition coefficient (Wildman–Crippen LogP) is 3.28. The van der Waals surface area contributed by atoms with Gasteiger partial charge < -0.3 is 10.2 Å². The van der Waals surface area contributed by atoms with Crippen LogP contribution in [0.15, 0.2) is 41.8 Å². The molecule has 0 saturated carbocycles. The minimum absolute atomic E-state index is 0.0139. The highest BCUT2D eigenvalue weighted by Gasteiger charge is 2.26. The van der Waals surface area contributed by atoms with E-state index in [0.29, 0.717) is 12.4 Å². The first-order valence-corrected chi connectivity index (χ1v) is 11.0. The number of thiazole rings is 1. The van der Waals surface area contributed by atoms with Crippen molar-refractivity contribution in [2.45, 2.75) is 20.3 Å². The minimum Gasteiger partial charge on any atom is -0.311 e. The molecule has 31 heavy (non-hydrogen) atoms. The van der Waals surface area contributed by atoms with E-state index in [4.69, 9.17) is 0 Å². The van der Waals surface area contributed by atoms with Crippen LogP contribution in [0.25, 0.3) is 11.3 Å². The van der Waals surface area contributed by atoms with Gasteiger partial charge in [0.05, 0.1) is 23.8 Å². The zero-order chi connectivity index (χ0) is 22.0. The van der Waals surface area contributed by atoms with Crippen molar-refractivity contribution in [3.8, 4) is 11.3 Å². The standard InChI is InChI=1S/C23H25N5O2S/c1-15-5-4-6-21(24-15)26-22(29)12-27(3)13-23(30)28-10-9-18-11-17(7-8-20(18)28)19-14-31-16(2)25-19/h4-8,11,14H,9-10,12-13H2,1-3H3,(H,24,26,29). The second-order valence-corrected chi connectivity index (χ2v) is 8.84. The molecule has 2 aromatic heterocycles. The normalized spacial score (nSPS) is 12.8. The molecule has 0 atom stereocenters. The summed E-state index contributed by atoms with van der Waals surface area (Å²) >= 11 is 1.63. The van der Waals surface area contributed by atoms with Gasteiger partial charge in [0, 0.05) is 28.9 Å². The Morgan fingerprint density at radius 3 is 2.74 bits per heavy atom. The van der Waals surface area contributed by atoms with Crippen molar-refractivity contribution in [3.05, 3.63) is 58.0 Å². The number of hydrogen-bond donors (Lipinski definition) is 1. The average Bonchev–Trinajstić information content (AvgIpc) is 3.33. The van der Waals surface area contributed by atoms with Gasteiger partial charge in [-0.25, -0.2) is 9.97 Å². The van der Waals surface area contributed by atoms with Gasteiger partial charge in [-0.1, -0.05) is 12.1 Å². The van der Waals surface area contributed by atoms with E-state index in [2.05, 4.69) is 26.7 Å². The van der Waals surface area contributed by atoms with Gasteiger partial charge in [0.2, 0.25) is 11.8 Å². The number of amides is 2. The number of likely N-dealkylation sites (N-methyl/N-ethyl adjacent to an activating group) is 1. The quantitative estimate of drug-likeness (QED) is 0.643. The summed E-state index contributed by atoms with van der Waals surface area (Å²) in [5.74, 6) is 0.308. The van der Waals surface area contributed by atoms with Gasteiger partial charge in [-0.05, 0) is 57.1 Å². The molecule has 3 aromatic rings. The maximum Gasteiger partial charge on any atom is 0.241 e. The Morgan fingerprint density at radius 2 is 2.00 bits per heavy atom. The second kappa shape index (κ2) is 8.95. The van der Waals surface area contributed by atoms with Crippen LogP contribution < -0.4 is 10.2 Å². The average molecular weight is 436 g/mol. The number of carbonyl (C=O) groups is 2. The van der Waals surface area contributed by atoms with Gasteiger partial charge >= 0.3 is 0 Å². The van der Waals surface area contributed by atoms with E-state index in [9.17, 15) is 9.59 Å². The van der Waals surface area contributed by atoms with Gasteiger partial charge in [0.1, 0.15) is 5.82 Å². The second-order valence-electron chi connectivity index (χ2n) is 7.78. The molecule has 1 N–H and O–H groups in total. The Bertz CT molecular complexity index is 1130. The molecule has 0 saturated heterocycles. The van der Waals surface area contributed by atoms with Crippen LogP contribution >= 0.6 is 11.3 Å². The molecule has 1 aliphatic heterocycles. The van der Waals surface area contributed by atoms with Crippen molar-refractivity contribution in [1.82, 2.24) is 14.9 Å². The van der Waals surface area contributed by atoms with Gasteiger partial charge in [0.15, 0.2) is 0 Å². The van der Waals surface area contributed by atoms with E-state index in [1.165, 1.54) is 0 Å². The van der Waals surface area contributed by atoms with Crippen LogP contribution in [0.1, 0.15) is 16.3 Å². The van der Waals surface area contributed by atoms with Gasteiger partial charge in [-0.2, -0.15) is 0 Å². The number of fused-ring (bicyclic) bond motifs is 1. The molecule has 0 unspecified atom stereocenters. The Kier molecular flexibility index (Phi) is 6.11. The molecular formula is C23H25N5O2S. The zero-order valence-corrected chi connectivity index (χ0v) is 18.7. The first-order valence-electron chi connectivity index (χ1n) is 10.2. The number of nitrogens with one attached hydrogen (secondary N) is 1. The molecule has 0 fully saturated rings. The van der Waals surface area contributed by atoms with Crippen LogP contribution in [0, 0.1) is 13.8 Å². The Hall–Kier alpha value is -3.10. The fraction of sp³-hybridized carbons (Fsp3) is 0.304. The van der Waals surface area contributed by atoms with E-state index >= 15 is 0 Å². The lowest BCUT2D eigenvalue weighted by atomic mass is 10.1. The van der Waals surface area contributed by atoms with E-state index in [0.717, 1.165) is 39.6 Å². The van der Waals surface area contributed by atoms with Crippen molar-refractivity contribution in [2.75, 3.05) is 36.9 Å². The highest BCUT2D eigenvalue weighted by atomic mass is 32.1. The van der Waals surface area contributed by atoms with Gasteiger partial charge in [-0.15, -0.1) is 11.3 Å². The molecule has 0 aliphatic carbocycles. The van der Waals surface area contributed by atoms with Crippen molar-refractivity contribution < 1.29 is 9.59 Å². The van der Waals surface area contributed by atoms with Crippen LogP contribution in [0.2, 0.25) is 0 Å². The molecule has 8 heteroatoms. The van der Waals surface area contributed by atoms with Crippen LogP contribution in [0.5, 0.6) is 0 Å². The lowest BCUT2D eigenvalue weighted by molar-refractivity contribution is -0.120. The van der Waals surface area contributed by atoms with Gasteiger partial charge in [0.25, 0.3) is 0 Å². The molecule has 1 aromatic carbocycles. The summed E-state index contributed by atoms with van der Waals surface area (Å²) in [5, 5.41) is 5.87. The Labute approximate surface area is 185 Å². The summed E-state index contributed by atoms with van der Waals surface area (Å²) in [5.41, 5.74) is 4.99. The number of carbonyl (C=O) groups excluding carboxylic acids is 2. The number of hydrogen-bond acceptors (Lipinski definition) is 6. The molecule has 160 valence electrons. The summed E-state index contributed by atoms with van der Waals surface area (Å²) in [7, 11) is 1.77. The third-order valence-corrected chi connectivity index (χ3v) is 5.94. The lowest BCUT2D eigenvalue weighted by Crippen LogP contribution is -2.40. The Morgan fingerprint density at radius 1 is 1.16 bits per heavy atom. The largest absolute Gasteiger partial charge is 0.311 e. The lowest BCUT2D eigenvalue weighted by Gasteiger charge is -2.22. The van der Waals surface area contributed by atoms with Crippen LogP contribution in [0.4, 0.5) is 11.5 Å². The summed E-state index contributed by atoms with van der Waals surface area (Å²) < 4.78 is 0. The summed E-state index contributed by atoms with van der Waals surface area (Å²) in [6.07, 6.45) is 0.821. The summed E-state index contributed by atoms with van der Waals surface area (Å²) in [4.78, 5) is 37.5. The molecule has 0 radical (unpaired) electrons. The van der Waals surface area contributed by atoms with Crippen LogP contribution in [0.3, 0.4) is 0 Å². The van der Waals surface area contributed by atoms with E-state index in [1.807, 2.05) is 43.0 Å². The number of rotatable bonds is 6. The van der Waals surface area contributed by atoms with Crippen molar-refractivity contribution in [1.29, 1.82) is 0 Å². The maximum absolute atomic E-state index is 12.9. The molecule has 3 heterocycles. The number of aromatic nitrogens is 2. The topological polar surface area (TPSA) is 78.4 Å². The van der Waals surface area contributed by atoms with Crippen molar-refractivity contribution in [2.24, 2.45) is 0 Å². The first kappa shape index (κ1) is 21.1.